The Bertz CT molecular complexity index is 916. The molecule has 0 saturated carbocycles. The average Bonchev–Trinajstić information content (AvgIpc) is 3.07. The van der Waals surface area contributed by atoms with Crippen molar-refractivity contribution in [3.8, 4) is 0 Å². The lowest BCUT2D eigenvalue weighted by atomic mass is 10.1. The lowest BCUT2D eigenvalue weighted by molar-refractivity contribution is -0.154. The predicted octanol–water partition coefficient (Wildman–Crippen LogP) is 10.6. The van der Waals surface area contributed by atoms with E-state index >= 15 is 0 Å². The van der Waals surface area contributed by atoms with Crippen LogP contribution in [0.5, 0.6) is 0 Å². The van der Waals surface area contributed by atoms with Crippen molar-refractivity contribution in [2.24, 2.45) is 5.73 Å². The molecule has 3 N–H and O–H groups in total. The number of unbranched alkanes of at least 4 members (excludes halogenated alkanes) is 12. The molecule has 0 amide bonds. The monoisotopic (exact) mass is 695 g/mol. The molecule has 0 heterocycles. The highest BCUT2D eigenvalue weighted by atomic mass is 31.2. The molecule has 0 fully saturated rings. The summed E-state index contributed by atoms with van der Waals surface area (Å²) < 4.78 is 33.1. The van der Waals surface area contributed by atoms with Crippen LogP contribution in [0.25, 0.3) is 0 Å². The van der Waals surface area contributed by atoms with E-state index in [2.05, 4.69) is 74.6 Å². The zero-order valence-corrected chi connectivity index (χ0v) is 31.3. The molecule has 0 spiro atoms. The van der Waals surface area contributed by atoms with Crippen molar-refractivity contribution in [1.29, 1.82) is 0 Å². The van der Waals surface area contributed by atoms with E-state index in [9.17, 15) is 14.3 Å². The number of esters is 1. The van der Waals surface area contributed by atoms with E-state index in [4.69, 9.17) is 24.3 Å². The van der Waals surface area contributed by atoms with E-state index < -0.39 is 13.9 Å². The van der Waals surface area contributed by atoms with E-state index in [1.165, 1.54) is 44.9 Å². The summed E-state index contributed by atoms with van der Waals surface area (Å²) in [5, 5.41) is 0. The maximum Gasteiger partial charge on any atom is 0.472 e. The van der Waals surface area contributed by atoms with Crippen LogP contribution in [-0.4, -0.2) is 49.9 Å². The second-order valence-electron chi connectivity index (χ2n) is 12.1. The number of hydrogen-bond donors (Lipinski definition) is 2. The zero-order valence-electron chi connectivity index (χ0n) is 30.4. The van der Waals surface area contributed by atoms with E-state index in [1.807, 2.05) is 0 Å². The standard InChI is InChI=1S/C39H70NO7P/c1-3-5-7-9-11-12-13-14-15-16-17-18-19-20-21-22-23-24-25-27-29-31-34-44-36-38(37-46-48(42,43)45-35-33-40)47-39(41)32-30-28-26-10-8-6-4-2/h5,7,11-12,14-15,17-18,20-21,38H,3-4,6,8-10,13,16,19,22-37,40H2,1-2H3,(H,42,43)/b7-5-,12-11-,15-14-,18-17-,21-20-. The van der Waals surface area contributed by atoms with Crippen molar-refractivity contribution < 1.29 is 32.8 Å². The summed E-state index contributed by atoms with van der Waals surface area (Å²) in [5.74, 6) is -0.346. The third-order valence-electron chi connectivity index (χ3n) is 7.45. The van der Waals surface area contributed by atoms with Crippen molar-refractivity contribution in [3.05, 3.63) is 60.8 Å². The number of carbonyl (C=O) groups excluding carboxylic acids is 1. The number of nitrogens with two attached hydrogens (primary N) is 1. The first-order valence-corrected chi connectivity index (χ1v) is 20.3. The molecule has 0 aliphatic carbocycles. The maximum atomic E-state index is 12.4. The fraction of sp³-hybridized carbons (Fsp3) is 0.718. The van der Waals surface area contributed by atoms with Gasteiger partial charge in [-0.25, -0.2) is 4.57 Å². The Labute approximate surface area is 293 Å². The van der Waals surface area contributed by atoms with Gasteiger partial charge in [0.05, 0.1) is 19.8 Å². The highest BCUT2D eigenvalue weighted by molar-refractivity contribution is 7.47. The quantitative estimate of drug-likeness (QED) is 0.0291. The van der Waals surface area contributed by atoms with Gasteiger partial charge in [0.15, 0.2) is 0 Å². The first kappa shape index (κ1) is 46.2. The second kappa shape index (κ2) is 36.5. The predicted molar refractivity (Wildman–Crippen MR) is 201 cm³/mol. The molecule has 0 aromatic heterocycles. The molecule has 48 heavy (non-hydrogen) atoms. The Hall–Kier alpha value is -1.80. The van der Waals surface area contributed by atoms with Gasteiger partial charge in [-0.3, -0.25) is 13.8 Å². The molecule has 0 rings (SSSR count). The van der Waals surface area contributed by atoms with Crippen LogP contribution in [0.4, 0.5) is 0 Å². The summed E-state index contributed by atoms with van der Waals surface area (Å²) in [7, 11) is -4.27. The van der Waals surface area contributed by atoms with Crippen molar-refractivity contribution in [2.45, 2.75) is 148 Å². The largest absolute Gasteiger partial charge is 0.472 e. The number of allylic oxidation sites excluding steroid dienone is 10. The molecule has 9 heteroatoms. The van der Waals surface area contributed by atoms with Crippen LogP contribution in [0.2, 0.25) is 0 Å². The molecular weight excluding hydrogens is 625 g/mol. The minimum absolute atomic E-state index is 0.0954. The van der Waals surface area contributed by atoms with Gasteiger partial charge in [0.1, 0.15) is 6.10 Å². The Balaban J connectivity index is 4.01. The van der Waals surface area contributed by atoms with Crippen LogP contribution in [0.3, 0.4) is 0 Å². The average molecular weight is 696 g/mol. The molecule has 2 unspecified atom stereocenters. The van der Waals surface area contributed by atoms with Gasteiger partial charge in [0.2, 0.25) is 0 Å². The first-order chi connectivity index (χ1) is 23.4. The summed E-state index contributed by atoms with van der Waals surface area (Å²) in [5.41, 5.74) is 5.34. The Morgan fingerprint density at radius 1 is 0.646 bits per heavy atom. The van der Waals surface area contributed by atoms with Crippen molar-refractivity contribution in [3.63, 3.8) is 0 Å². The first-order valence-electron chi connectivity index (χ1n) is 18.8. The third-order valence-corrected chi connectivity index (χ3v) is 8.43. The van der Waals surface area contributed by atoms with Gasteiger partial charge in [-0.2, -0.15) is 0 Å². The number of hydrogen-bond acceptors (Lipinski definition) is 7. The molecule has 278 valence electrons. The summed E-state index contributed by atoms with van der Waals surface area (Å²) >= 11 is 0. The summed E-state index contributed by atoms with van der Waals surface area (Å²) in [6, 6.07) is 0. The third kappa shape index (κ3) is 35.5. The van der Waals surface area contributed by atoms with Crippen LogP contribution < -0.4 is 5.73 Å². The molecule has 0 bridgehead atoms. The molecule has 0 aromatic rings. The zero-order chi connectivity index (χ0) is 35.2. The fourth-order valence-corrected chi connectivity index (χ4v) is 5.49. The number of phosphoric ester groups is 1. The molecule has 0 aliphatic rings. The van der Waals surface area contributed by atoms with Crippen LogP contribution in [0.15, 0.2) is 60.8 Å². The van der Waals surface area contributed by atoms with E-state index in [-0.39, 0.29) is 32.3 Å². The van der Waals surface area contributed by atoms with Crippen molar-refractivity contribution >= 4 is 13.8 Å². The number of phosphoric acid groups is 1. The number of carbonyl (C=O) groups is 1. The van der Waals surface area contributed by atoms with E-state index in [0.29, 0.717) is 13.0 Å². The van der Waals surface area contributed by atoms with Crippen molar-refractivity contribution in [2.75, 3.05) is 33.0 Å². The lowest BCUT2D eigenvalue weighted by Gasteiger charge is -2.20. The van der Waals surface area contributed by atoms with Gasteiger partial charge in [-0.1, -0.05) is 139 Å². The Morgan fingerprint density at radius 3 is 1.75 bits per heavy atom. The van der Waals surface area contributed by atoms with Gasteiger partial charge < -0.3 is 20.1 Å². The molecule has 0 aromatic carbocycles. The summed E-state index contributed by atoms with van der Waals surface area (Å²) in [6.07, 6.45) is 42.5. The highest BCUT2D eigenvalue weighted by Crippen LogP contribution is 2.43. The smallest absolute Gasteiger partial charge is 0.457 e. The Morgan fingerprint density at radius 2 is 1.17 bits per heavy atom. The van der Waals surface area contributed by atoms with Gasteiger partial charge in [-0.05, 0) is 57.8 Å². The molecule has 0 aliphatic heterocycles. The van der Waals surface area contributed by atoms with Crippen LogP contribution in [0.1, 0.15) is 142 Å². The van der Waals surface area contributed by atoms with Crippen LogP contribution in [-0.2, 0) is 27.9 Å². The van der Waals surface area contributed by atoms with Gasteiger partial charge >= 0.3 is 13.8 Å². The van der Waals surface area contributed by atoms with E-state index in [0.717, 1.165) is 77.0 Å². The number of ether oxygens (including phenoxy) is 2. The molecule has 0 saturated heterocycles. The summed E-state index contributed by atoms with van der Waals surface area (Å²) in [6.45, 7) is 4.70. The van der Waals surface area contributed by atoms with E-state index in [1.54, 1.807) is 0 Å². The lowest BCUT2D eigenvalue weighted by Crippen LogP contribution is -2.28. The molecule has 0 radical (unpaired) electrons. The van der Waals surface area contributed by atoms with Gasteiger partial charge in [0.25, 0.3) is 0 Å². The van der Waals surface area contributed by atoms with Crippen LogP contribution >= 0.6 is 7.82 Å². The maximum absolute atomic E-state index is 12.4. The minimum Gasteiger partial charge on any atom is -0.457 e. The Kier molecular flexibility index (Phi) is 35.1. The topological polar surface area (TPSA) is 117 Å². The summed E-state index contributed by atoms with van der Waals surface area (Å²) in [4.78, 5) is 22.2. The minimum atomic E-state index is -4.27. The SMILES string of the molecule is CC/C=C\C/C=C\C/C=C\C/C=C\C/C=C\CCCCCCCCOCC(COP(=O)(O)OCCN)OC(=O)CCCCCCCCC. The highest BCUT2D eigenvalue weighted by Gasteiger charge is 2.25. The molecule has 2 atom stereocenters. The normalized spacial score (nSPS) is 14.3. The van der Waals surface area contributed by atoms with Gasteiger partial charge in [-0.15, -0.1) is 0 Å². The fourth-order valence-electron chi connectivity index (χ4n) is 4.73. The number of rotatable bonds is 35. The molecular formula is C39H70NO7P. The second-order valence-corrected chi connectivity index (χ2v) is 13.5. The van der Waals surface area contributed by atoms with Crippen molar-refractivity contribution in [1.82, 2.24) is 0 Å². The van der Waals surface area contributed by atoms with Crippen LogP contribution in [0, 0.1) is 0 Å². The molecule has 8 nitrogen and oxygen atoms in total. The van der Waals surface area contributed by atoms with Gasteiger partial charge in [0, 0.05) is 19.6 Å².